The second-order valence-electron chi connectivity index (χ2n) is 5.81. The van der Waals surface area contributed by atoms with Crippen molar-refractivity contribution in [2.24, 2.45) is 5.92 Å². The van der Waals surface area contributed by atoms with Crippen LogP contribution in [0.4, 0.5) is 0 Å². The van der Waals surface area contributed by atoms with Crippen molar-refractivity contribution < 1.29 is 5.11 Å². The van der Waals surface area contributed by atoms with Gasteiger partial charge >= 0.3 is 0 Å². The van der Waals surface area contributed by atoms with Gasteiger partial charge in [-0.3, -0.25) is 4.98 Å². The Kier molecular flexibility index (Phi) is 4.36. The third kappa shape index (κ3) is 3.53. The summed E-state index contributed by atoms with van der Waals surface area (Å²) in [6.07, 6.45) is 7.85. The van der Waals surface area contributed by atoms with Gasteiger partial charge in [0.05, 0.1) is 5.60 Å². The van der Waals surface area contributed by atoms with E-state index in [4.69, 9.17) is 0 Å². The van der Waals surface area contributed by atoms with E-state index in [0.29, 0.717) is 6.54 Å². The summed E-state index contributed by atoms with van der Waals surface area (Å²) in [5.41, 5.74) is 1.97. The van der Waals surface area contributed by atoms with Crippen LogP contribution >= 0.6 is 0 Å². The highest BCUT2D eigenvalue weighted by Crippen LogP contribution is 2.31. The molecule has 1 saturated carbocycles. The zero-order valence-corrected chi connectivity index (χ0v) is 11.4. The first-order valence-electron chi connectivity index (χ1n) is 6.92. The van der Waals surface area contributed by atoms with E-state index in [9.17, 15) is 5.11 Å². The van der Waals surface area contributed by atoms with Crippen molar-refractivity contribution in [1.82, 2.24) is 10.3 Å². The van der Waals surface area contributed by atoms with E-state index in [-0.39, 0.29) is 0 Å². The van der Waals surface area contributed by atoms with E-state index in [1.807, 2.05) is 18.5 Å². The van der Waals surface area contributed by atoms with E-state index in [1.165, 1.54) is 11.1 Å². The normalized spacial score (nSPS) is 28.3. The standard InChI is InChI=1S/C15H24N2O/c1-12-3-6-15(18,7-4-12)11-17-10-14-9-16-8-5-13(14)2/h5,8-9,12,17-18H,3-4,6-7,10-11H2,1-2H3. The van der Waals surface area contributed by atoms with Gasteiger partial charge in [-0.15, -0.1) is 0 Å². The molecule has 1 aliphatic rings. The molecule has 2 rings (SSSR count). The van der Waals surface area contributed by atoms with Crippen molar-refractivity contribution >= 4 is 0 Å². The molecule has 0 spiro atoms. The molecule has 3 heteroatoms. The fourth-order valence-corrected chi connectivity index (χ4v) is 2.59. The number of aryl methyl sites for hydroxylation is 1. The predicted octanol–water partition coefficient (Wildman–Crippen LogP) is 2.42. The molecule has 3 nitrogen and oxygen atoms in total. The summed E-state index contributed by atoms with van der Waals surface area (Å²) in [5, 5.41) is 13.8. The predicted molar refractivity (Wildman–Crippen MR) is 73.3 cm³/mol. The molecule has 0 radical (unpaired) electrons. The minimum Gasteiger partial charge on any atom is -0.389 e. The Morgan fingerprint density at radius 3 is 2.83 bits per heavy atom. The van der Waals surface area contributed by atoms with Crippen LogP contribution in [-0.4, -0.2) is 22.2 Å². The Balaban J connectivity index is 1.80. The topological polar surface area (TPSA) is 45.2 Å². The first-order chi connectivity index (χ1) is 8.59. The summed E-state index contributed by atoms with van der Waals surface area (Å²) in [7, 11) is 0. The summed E-state index contributed by atoms with van der Waals surface area (Å²) >= 11 is 0. The van der Waals surface area contributed by atoms with Crippen LogP contribution < -0.4 is 5.32 Å². The highest BCUT2D eigenvalue weighted by atomic mass is 16.3. The van der Waals surface area contributed by atoms with Crippen LogP contribution in [0.5, 0.6) is 0 Å². The van der Waals surface area contributed by atoms with Crippen LogP contribution in [0, 0.1) is 12.8 Å². The van der Waals surface area contributed by atoms with E-state index >= 15 is 0 Å². The van der Waals surface area contributed by atoms with Gasteiger partial charge in [0.15, 0.2) is 0 Å². The molecule has 0 aromatic carbocycles. The molecule has 0 unspecified atom stereocenters. The molecule has 1 aliphatic carbocycles. The lowest BCUT2D eigenvalue weighted by atomic mass is 9.79. The molecule has 0 aliphatic heterocycles. The molecule has 0 saturated heterocycles. The molecule has 18 heavy (non-hydrogen) atoms. The quantitative estimate of drug-likeness (QED) is 0.860. The molecule has 100 valence electrons. The maximum Gasteiger partial charge on any atom is 0.0771 e. The molecular formula is C15H24N2O. The van der Waals surface area contributed by atoms with Gasteiger partial charge in [-0.25, -0.2) is 0 Å². The van der Waals surface area contributed by atoms with Crippen molar-refractivity contribution in [1.29, 1.82) is 0 Å². The maximum atomic E-state index is 10.5. The van der Waals surface area contributed by atoms with Crippen LogP contribution in [0.15, 0.2) is 18.5 Å². The number of aliphatic hydroxyl groups is 1. The fourth-order valence-electron chi connectivity index (χ4n) is 2.59. The van der Waals surface area contributed by atoms with Crippen LogP contribution in [0.2, 0.25) is 0 Å². The second-order valence-corrected chi connectivity index (χ2v) is 5.81. The molecule has 1 fully saturated rings. The van der Waals surface area contributed by atoms with Gasteiger partial charge in [0.25, 0.3) is 0 Å². The van der Waals surface area contributed by atoms with Crippen molar-refractivity contribution in [3.63, 3.8) is 0 Å². The van der Waals surface area contributed by atoms with Crippen LogP contribution in [0.25, 0.3) is 0 Å². The number of nitrogens with zero attached hydrogens (tertiary/aromatic N) is 1. The van der Waals surface area contributed by atoms with E-state index in [1.54, 1.807) is 0 Å². The fraction of sp³-hybridized carbons (Fsp3) is 0.667. The number of pyridine rings is 1. The van der Waals surface area contributed by atoms with Crippen LogP contribution in [0.3, 0.4) is 0 Å². The maximum absolute atomic E-state index is 10.5. The lowest BCUT2D eigenvalue weighted by Gasteiger charge is -2.35. The Morgan fingerprint density at radius 2 is 2.17 bits per heavy atom. The highest BCUT2D eigenvalue weighted by molar-refractivity contribution is 5.21. The molecule has 2 N–H and O–H groups in total. The van der Waals surface area contributed by atoms with Gasteiger partial charge in [-0.05, 0) is 55.7 Å². The molecule has 0 amide bonds. The Bertz CT molecular complexity index is 384. The van der Waals surface area contributed by atoms with E-state index in [2.05, 4.69) is 24.1 Å². The summed E-state index contributed by atoms with van der Waals surface area (Å²) < 4.78 is 0. The Hall–Kier alpha value is -0.930. The number of hydrogen-bond acceptors (Lipinski definition) is 3. The van der Waals surface area contributed by atoms with Gasteiger partial charge in [-0.2, -0.15) is 0 Å². The summed E-state index contributed by atoms with van der Waals surface area (Å²) in [6, 6.07) is 2.02. The number of hydrogen-bond donors (Lipinski definition) is 2. The minimum atomic E-state index is -0.497. The number of rotatable bonds is 4. The van der Waals surface area contributed by atoms with Gasteiger partial charge in [-0.1, -0.05) is 6.92 Å². The first-order valence-corrected chi connectivity index (χ1v) is 6.92. The summed E-state index contributed by atoms with van der Waals surface area (Å²) in [5.74, 6) is 0.769. The van der Waals surface area contributed by atoms with Crippen molar-refractivity contribution in [3.05, 3.63) is 29.6 Å². The minimum absolute atomic E-state index is 0.497. The van der Waals surface area contributed by atoms with Crippen molar-refractivity contribution in [2.45, 2.75) is 51.7 Å². The SMILES string of the molecule is Cc1ccncc1CNCC1(O)CCC(C)CC1. The zero-order valence-electron chi connectivity index (χ0n) is 11.4. The van der Waals surface area contributed by atoms with Crippen molar-refractivity contribution in [3.8, 4) is 0 Å². The molecule has 0 bridgehead atoms. The first kappa shape index (κ1) is 13.5. The average molecular weight is 248 g/mol. The lowest BCUT2D eigenvalue weighted by molar-refractivity contribution is -0.00631. The Labute approximate surface area is 110 Å². The smallest absolute Gasteiger partial charge is 0.0771 e. The van der Waals surface area contributed by atoms with E-state index in [0.717, 1.165) is 38.1 Å². The molecule has 1 aromatic heterocycles. The van der Waals surface area contributed by atoms with Gasteiger partial charge in [0, 0.05) is 25.5 Å². The van der Waals surface area contributed by atoms with Gasteiger partial charge in [0.1, 0.15) is 0 Å². The molecular weight excluding hydrogens is 224 g/mol. The molecule has 0 atom stereocenters. The highest BCUT2D eigenvalue weighted by Gasteiger charge is 2.31. The zero-order chi connectivity index (χ0) is 13.0. The third-order valence-corrected chi connectivity index (χ3v) is 4.12. The van der Waals surface area contributed by atoms with Crippen LogP contribution in [-0.2, 0) is 6.54 Å². The summed E-state index contributed by atoms with van der Waals surface area (Å²) in [6.45, 7) is 5.84. The average Bonchev–Trinajstić information content (AvgIpc) is 2.36. The molecule has 1 aromatic rings. The number of aromatic nitrogens is 1. The van der Waals surface area contributed by atoms with Gasteiger partial charge < -0.3 is 10.4 Å². The molecule has 1 heterocycles. The Morgan fingerprint density at radius 1 is 1.44 bits per heavy atom. The summed E-state index contributed by atoms with van der Waals surface area (Å²) in [4.78, 5) is 4.14. The largest absolute Gasteiger partial charge is 0.389 e. The van der Waals surface area contributed by atoms with E-state index < -0.39 is 5.60 Å². The van der Waals surface area contributed by atoms with Gasteiger partial charge in [0.2, 0.25) is 0 Å². The van der Waals surface area contributed by atoms with Crippen molar-refractivity contribution in [2.75, 3.05) is 6.54 Å². The number of nitrogens with one attached hydrogen (secondary N) is 1. The second kappa shape index (κ2) is 5.81. The monoisotopic (exact) mass is 248 g/mol. The van der Waals surface area contributed by atoms with Crippen LogP contribution in [0.1, 0.15) is 43.7 Å². The lowest BCUT2D eigenvalue weighted by Crippen LogP contribution is -2.43. The third-order valence-electron chi connectivity index (χ3n) is 4.12.